The van der Waals surface area contributed by atoms with Gasteiger partial charge in [0.1, 0.15) is 4.90 Å². The maximum atomic E-state index is 12.0. The van der Waals surface area contributed by atoms with Crippen LogP contribution in [0, 0.1) is 6.92 Å². The summed E-state index contributed by atoms with van der Waals surface area (Å²) in [4.78, 5) is 0.0904. The molecule has 0 aliphatic heterocycles. The van der Waals surface area contributed by atoms with E-state index in [2.05, 4.69) is 14.9 Å². The second-order valence-electron chi connectivity index (χ2n) is 3.95. The number of H-pyrrole nitrogens is 1. The van der Waals surface area contributed by atoms with Crippen molar-refractivity contribution < 1.29 is 8.42 Å². The van der Waals surface area contributed by atoms with Crippen LogP contribution in [0.4, 0.5) is 5.69 Å². The minimum Gasteiger partial charge on any atom is -0.398 e. The van der Waals surface area contributed by atoms with Crippen molar-refractivity contribution in [3.8, 4) is 0 Å². The molecule has 0 aliphatic carbocycles. The fourth-order valence-corrected chi connectivity index (χ4v) is 2.66. The first-order chi connectivity index (χ1) is 8.49. The van der Waals surface area contributed by atoms with Crippen molar-refractivity contribution in [3.05, 3.63) is 41.7 Å². The molecule has 2 aromatic rings. The van der Waals surface area contributed by atoms with Gasteiger partial charge in [-0.25, -0.2) is 13.1 Å². The highest BCUT2D eigenvalue weighted by atomic mass is 32.2. The number of sulfonamides is 1. The quantitative estimate of drug-likeness (QED) is 0.712. The number of benzene rings is 1. The molecule has 0 unspecified atom stereocenters. The van der Waals surface area contributed by atoms with Gasteiger partial charge in [0.15, 0.2) is 0 Å². The van der Waals surface area contributed by atoms with Crippen LogP contribution in [0.2, 0.25) is 0 Å². The lowest BCUT2D eigenvalue weighted by Gasteiger charge is -2.08. The number of nitrogens with one attached hydrogen (secondary N) is 2. The maximum Gasteiger partial charge on any atom is 0.242 e. The Kier molecular flexibility index (Phi) is 3.35. The van der Waals surface area contributed by atoms with E-state index in [-0.39, 0.29) is 17.1 Å². The summed E-state index contributed by atoms with van der Waals surface area (Å²) >= 11 is 0. The molecular formula is C11H14N4O2S. The van der Waals surface area contributed by atoms with Crippen molar-refractivity contribution in [3.63, 3.8) is 0 Å². The summed E-state index contributed by atoms with van der Waals surface area (Å²) < 4.78 is 26.5. The molecule has 0 bridgehead atoms. The molecule has 18 heavy (non-hydrogen) atoms. The van der Waals surface area contributed by atoms with Gasteiger partial charge < -0.3 is 5.73 Å². The van der Waals surface area contributed by atoms with Gasteiger partial charge in [-0.1, -0.05) is 6.07 Å². The lowest BCUT2D eigenvalue weighted by molar-refractivity contribution is 0.581. The van der Waals surface area contributed by atoms with Gasteiger partial charge in [0.2, 0.25) is 10.0 Å². The molecule has 7 heteroatoms. The molecule has 1 aromatic heterocycles. The lowest BCUT2D eigenvalue weighted by atomic mass is 10.2. The van der Waals surface area contributed by atoms with E-state index < -0.39 is 10.0 Å². The first-order valence-electron chi connectivity index (χ1n) is 5.33. The molecule has 0 spiro atoms. The average molecular weight is 266 g/mol. The van der Waals surface area contributed by atoms with E-state index in [1.54, 1.807) is 24.4 Å². The highest BCUT2D eigenvalue weighted by molar-refractivity contribution is 7.89. The molecule has 2 rings (SSSR count). The van der Waals surface area contributed by atoms with Crippen molar-refractivity contribution in [2.45, 2.75) is 18.4 Å². The van der Waals surface area contributed by atoms with Gasteiger partial charge in [-0.15, -0.1) is 0 Å². The Balaban J connectivity index is 2.20. The first kappa shape index (κ1) is 12.6. The Labute approximate surface area is 105 Å². The van der Waals surface area contributed by atoms with Crippen molar-refractivity contribution in [1.82, 2.24) is 14.9 Å². The van der Waals surface area contributed by atoms with Gasteiger partial charge in [-0.05, 0) is 30.7 Å². The van der Waals surface area contributed by atoms with Crippen LogP contribution in [-0.4, -0.2) is 18.6 Å². The highest BCUT2D eigenvalue weighted by Crippen LogP contribution is 2.19. The largest absolute Gasteiger partial charge is 0.398 e. The van der Waals surface area contributed by atoms with Crippen LogP contribution in [0.5, 0.6) is 0 Å². The van der Waals surface area contributed by atoms with Crippen LogP contribution in [-0.2, 0) is 16.6 Å². The van der Waals surface area contributed by atoms with Gasteiger partial charge in [0, 0.05) is 6.20 Å². The number of nitrogen functional groups attached to an aromatic ring is 1. The monoisotopic (exact) mass is 266 g/mol. The van der Waals surface area contributed by atoms with Crippen LogP contribution in [0.15, 0.2) is 35.4 Å². The molecule has 0 atom stereocenters. The van der Waals surface area contributed by atoms with E-state index in [1.165, 1.54) is 6.07 Å². The summed E-state index contributed by atoms with van der Waals surface area (Å²) in [5.74, 6) is 0. The van der Waals surface area contributed by atoms with E-state index in [0.29, 0.717) is 5.69 Å². The molecule has 96 valence electrons. The number of aromatic nitrogens is 2. The summed E-state index contributed by atoms with van der Waals surface area (Å²) in [6.07, 6.45) is 1.56. The summed E-state index contributed by atoms with van der Waals surface area (Å²) in [5.41, 5.74) is 7.56. The number of anilines is 1. The fourth-order valence-electron chi connectivity index (χ4n) is 1.55. The number of nitrogens with two attached hydrogens (primary N) is 1. The third-order valence-corrected chi connectivity index (χ3v) is 3.94. The molecule has 0 saturated carbocycles. The summed E-state index contributed by atoms with van der Waals surface area (Å²) in [5, 5.41) is 6.42. The van der Waals surface area contributed by atoms with Crippen molar-refractivity contribution in [2.75, 3.05) is 5.73 Å². The Morgan fingerprint density at radius 2 is 2.17 bits per heavy atom. The number of hydrogen-bond donors (Lipinski definition) is 3. The van der Waals surface area contributed by atoms with E-state index in [9.17, 15) is 8.42 Å². The molecule has 1 heterocycles. The normalized spacial score (nSPS) is 11.6. The Morgan fingerprint density at radius 3 is 2.78 bits per heavy atom. The molecule has 1 aromatic carbocycles. The third-order valence-electron chi connectivity index (χ3n) is 2.47. The van der Waals surface area contributed by atoms with Crippen LogP contribution in [0.1, 0.15) is 11.3 Å². The maximum absolute atomic E-state index is 12.0. The van der Waals surface area contributed by atoms with Gasteiger partial charge >= 0.3 is 0 Å². The molecule has 6 nitrogen and oxygen atoms in total. The topological polar surface area (TPSA) is 101 Å². The minimum atomic E-state index is -3.61. The molecule has 0 fully saturated rings. The highest BCUT2D eigenvalue weighted by Gasteiger charge is 2.17. The SMILES string of the molecule is Cc1ccc(S(=O)(=O)NCc2ccn[nH]2)c(N)c1. The first-order valence-corrected chi connectivity index (χ1v) is 6.81. The van der Waals surface area contributed by atoms with Crippen molar-refractivity contribution >= 4 is 15.7 Å². The van der Waals surface area contributed by atoms with Gasteiger partial charge in [-0.2, -0.15) is 5.10 Å². The zero-order valence-corrected chi connectivity index (χ0v) is 10.7. The summed E-state index contributed by atoms with van der Waals surface area (Å²) in [6, 6.07) is 6.53. The van der Waals surface area contributed by atoms with Gasteiger partial charge in [-0.3, -0.25) is 5.10 Å². The zero-order valence-electron chi connectivity index (χ0n) is 9.84. The van der Waals surface area contributed by atoms with E-state index in [1.807, 2.05) is 6.92 Å². The predicted molar refractivity (Wildman–Crippen MR) is 68.2 cm³/mol. The molecule has 0 aliphatic rings. The van der Waals surface area contributed by atoms with Crippen LogP contribution >= 0.6 is 0 Å². The standard InChI is InChI=1S/C11H14N4O2S/c1-8-2-3-11(10(12)6-8)18(16,17)14-7-9-4-5-13-15-9/h2-6,14H,7,12H2,1H3,(H,13,15). The van der Waals surface area contributed by atoms with E-state index in [4.69, 9.17) is 5.73 Å². The fraction of sp³-hybridized carbons (Fsp3) is 0.182. The second-order valence-corrected chi connectivity index (χ2v) is 5.68. The lowest BCUT2D eigenvalue weighted by Crippen LogP contribution is -2.24. The van der Waals surface area contributed by atoms with E-state index >= 15 is 0 Å². The van der Waals surface area contributed by atoms with Crippen LogP contribution in [0.3, 0.4) is 0 Å². The Morgan fingerprint density at radius 1 is 1.39 bits per heavy atom. The Hall–Kier alpha value is -1.86. The van der Waals surface area contributed by atoms with Crippen LogP contribution < -0.4 is 10.5 Å². The van der Waals surface area contributed by atoms with Gasteiger partial charge in [0.25, 0.3) is 0 Å². The number of nitrogens with zero attached hydrogens (tertiary/aromatic N) is 1. The Bertz CT molecular complexity index is 635. The number of aryl methyl sites for hydroxylation is 1. The number of aromatic amines is 1. The average Bonchev–Trinajstić information content (AvgIpc) is 2.78. The van der Waals surface area contributed by atoms with Crippen molar-refractivity contribution in [2.24, 2.45) is 0 Å². The minimum absolute atomic E-state index is 0.0904. The zero-order chi connectivity index (χ0) is 13.2. The van der Waals surface area contributed by atoms with Crippen LogP contribution in [0.25, 0.3) is 0 Å². The third kappa shape index (κ3) is 2.69. The molecule has 4 N–H and O–H groups in total. The van der Waals surface area contributed by atoms with Gasteiger partial charge in [0.05, 0.1) is 17.9 Å². The number of rotatable bonds is 4. The smallest absolute Gasteiger partial charge is 0.242 e. The molecular weight excluding hydrogens is 252 g/mol. The molecule has 0 amide bonds. The molecule has 0 radical (unpaired) electrons. The summed E-state index contributed by atoms with van der Waals surface area (Å²) in [6.45, 7) is 2.00. The number of hydrogen-bond acceptors (Lipinski definition) is 4. The predicted octanol–water partition coefficient (Wildman–Crippen LogP) is 0.779. The second kappa shape index (κ2) is 4.79. The van der Waals surface area contributed by atoms with Crippen molar-refractivity contribution in [1.29, 1.82) is 0 Å². The molecule has 0 saturated heterocycles. The summed E-state index contributed by atoms with van der Waals surface area (Å²) in [7, 11) is -3.61. The van der Waals surface area contributed by atoms with E-state index in [0.717, 1.165) is 5.56 Å².